The summed E-state index contributed by atoms with van der Waals surface area (Å²) in [5.41, 5.74) is 7.42. The first-order chi connectivity index (χ1) is 18.3. The van der Waals surface area contributed by atoms with Crippen molar-refractivity contribution >= 4 is 50.6 Å². The van der Waals surface area contributed by atoms with E-state index in [1.54, 1.807) is 7.11 Å². The molecule has 1 atom stereocenters. The molecule has 5 rings (SSSR count). The van der Waals surface area contributed by atoms with Gasteiger partial charge in [-0.05, 0) is 68.1 Å². The topological polar surface area (TPSA) is 92.3 Å². The Balaban J connectivity index is 1.44. The van der Waals surface area contributed by atoms with Crippen LogP contribution in [-0.4, -0.2) is 32.9 Å². The quantitative estimate of drug-likeness (QED) is 0.225. The minimum atomic E-state index is -0.414. The molecule has 2 aromatic carbocycles. The number of hydrogen-bond donors (Lipinski definition) is 1. The molecule has 0 radical (unpaired) electrons. The van der Waals surface area contributed by atoms with E-state index in [1.165, 1.54) is 28.7 Å². The summed E-state index contributed by atoms with van der Waals surface area (Å²) in [6, 6.07) is 16.2. The fourth-order valence-electron chi connectivity index (χ4n) is 4.68. The summed E-state index contributed by atoms with van der Waals surface area (Å²) in [6.07, 6.45) is 0.589. The van der Waals surface area contributed by atoms with Crippen LogP contribution in [0.4, 0.5) is 5.00 Å². The summed E-state index contributed by atoms with van der Waals surface area (Å²) < 4.78 is 7.28. The number of hydrogen-bond acceptors (Lipinski definition) is 7. The lowest BCUT2D eigenvalue weighted by atomic mass is 10.0. The molecule has 1 amide bonds. The van der Waals surface area contributed by atoms with Crippen LogP contribution < -0.4 is 10.1 Å². The third-order valence-electron chi connectivity index (χ3n) is 6.55. The lowest BCUT2D eigenvalue weighted by molar-refractivity contribution is -0.115. The van der Waals surface area contributed by atoms with Gasteiger partial charge < -0.3 is 10.1 Å². The molecule has 192 valence electrons. The van der Waals surface area contributed by atoms with Gasteiger partial charge in [0.25, 0.3) is 0 Å². The number of methoxy groups -OCH3 is 1. The summed E-state index contributed by atoms with van der Waals surface area (Å²) in [5.74, 6) is 0.575. The fourth-order valence-corrected chi connectivity index (χ4v) is 6.56. The summed E-state index contributed by atoms with van der Waals surface area (Å²) in [4.78, 5) is 13.4. The van der Waals surface area contributed by atoms with E-state index in [9.17, 15) is 10.1 Å². The van der Waals surface area contributed by atoms with Gasteiger partial charge in [0.05, 0.1) is 23.4 Å². The van der Waals surface area contributed by atoms with Crippen LogP contribution in [0.5, 0.6) is 5.75 Å². The SMILES string of the molecule is CCC(Sc1nnc2cc(C)c3cc(C)cc(C)c3n12)C(=O)Nc1scc(-c2ccc(OC)cc2)c1C#N. The number of rotatable bonds is 7. The van der Waals surface area contributed by atoms with Gasteiger partial charge in [0.1, 0.15) is 16.8 Å². The molecule has 5 aromatic rings. The van der Waals surface area contributed by atoms with E-state index < -0.39 is 5.25 Å². The minimum Gasteiger partial charge on any atom is -0.497 e. The van der Waals surface area contributed by atoms with E-state index in [4.69, 9.17) is 4.74 Å². The molecule has 0 aliphatic heterocycles. The number of thioether (sulfide) groups is 1. The highest BCUT2D eigenvalue weighted by Crippen LogP contribution is 2.37. The molecular formula is C29H27N5O2S2. The molecule has 0 bridgehead atoms. The number of ether oxygens (including phenoxy) is 1. The maximum Gasteiger partial charge on any atom is 0.238 e. The summed E-state index contributed by atoms with van der Waals surface area (Å²) >= 11 is 2.74. The second-order valence-electron chi connectivity index (χ2n) is 9.18. The molecule has 0 fully saturated rings. The van der Waals surface area contributed by atoms with Crippen LogP contribution in [0.2, 0.25) is 0 Å². The minimum absolute atomic E-state index is 0.169. The number of aryl methyl sites for hydroxylation is 3. The number of fused-ring (bicyclic) bond motifs is 3. The Morgan fingerprint density at radius 3 is 2.61 bits per heavy atom. The number of carbonyl (C=O) groups excluding carboxylic acids is 1. The van der Waals surface area contributed by atoms with Gasteiger partial charge in [0, 0.05) is 16.3 Å². The van der Waals surface area contributed by atoms with Crippen LogP contribution in [0.25, 0.3) is 27.7 Å². The van der Waals surface area contributed by atoms with Gasteiger partial charge in [-0.25, -0.2) is 0 Å². The zero-order valence-electron chi connectivity index (χ0n) is 21.8. The van der Waals surface area contributed by atoms with Gasteiger partial charge in [-0.1, -0.05) is 42.4 Å². The molecule has 0 spiro atoms. The second-order valence-corrected chi connectivity index (χ2v) is 11.2. The number of nitriles is 1. The molecule has 38 heavy (non-hydrogen) atoms. The number of thiophene rings is 1. The van der Waals surface area contributed by atoms with Gasteiger partial charge in [-0.15, -0.1) is 21.5 Å². The molecule has 1 unspecified atom stereocenters. The van der Waals surface area contributed by atoms with Crippen molar-refractivity contribution in [3.63, 3.8) is 0 Å². The zero-order chi connectivity index (χ0) is 27.0. The largest absolute Gasteiger partial charge is 0.497 e. The van der Waals surface area contributed by atoms with Crippen LogP contribution in [0.3, 0.4) is 0 Å². The molecule has 0 aliphatic carbocycles. The van der Waals surface area contributed by atoms with Gasteiger partial charge in [-0.2, -0.15) is 5.26 Å². The number of aromatic nitrogens is 3. The molecule has 1 N–H and O–H groups in total. The molecule has 3 heterocycles. The number of amides is 1. The van der Waals surface area contributed by atoms with Crippen LogP contribution in [0, 0.1) is 32.1 Å². The number of benzene rings is 2. The molecule has 7 nitrogen and oxygen atoms in total. The third kappa shape index (κ3) is 4.62. The Morgan fingerprint density at radius 2 is 1.92 bits per heavy atom. The Morgan fingerprint density at radius 1 is 1.16 bits per heavy atom. The first-order valence-corrected chi connectivity index (χ1v) is 14.0. The van der Waals surface area contributed by atoms with Crippen LogP contribution in [-0.2, 0) is 4.79 Å². The Kier molecular flexibility index (Phi) is 7.11. The van der Waals surface area contributed by atoms with Crippen molar-refractivity contribution in [2.75, 3.05) is 12.4 Å². The fraction of sp³-hybridized carbons (Fsp3) is 0.241. The van der Waals surface area contributed by atoms with Crippen molar-refractivity contribution in [2.24, 2.45) is 0 Å². The van der Waals surface area contributed by atoms with Gasteiger partial charge in [0.15, 0.2) is 10.8 Å². The smallest absolute Gasteiger partial charge is 0.238 e. The highest BCUT2D eigenvalue weighted by atomic mass is 32.2. The van der Waals surface area contributed by atoms with Gasteiger partial charge in [-0.3, -0.25) is 9.20 Å². The highest BCUT2D eigenvalue weighted by Gasteiger charge is 2.24. The molecular weight excluding hydrogens is 514 g/mol. The van der Waals surface area contributed by atoms with Crippen molar-refractivity contribution in [2.45, 2.75) is 44.5 Å². The molecule has 3 aromatic heterocycles. The summed E-state index contributed by atoms with van der Waals surface area (Å²) in [5, 5.41) is 25.6. The second kappa shape index (κ2) is 10.5. The summed E-state index contributed by atoms with van der Waals surface area (Å²) in [6.45, 7) is 8.24. The van der Waals surface area contributed by atoms with Crippen molar-refractivity contribution in [3.8, 4) is 22.9 Å². The lowest BCUT2D eigenvalue weighted by Gasteiger charge is -2.15. The third-order valence-corrected chi connectivity index (χ3v) is 8.75. The molecule has 0 saturated carbocycles. The first-order valence-electron chi connectivity index (χ1n) is 12.2. The zero-order valence-corrected chi connectivity index (χ0v) is 23.5. The maximum absolute atomic E-state index is 13.4. The van der Waals surface area contributed by atoms with E-state index in [-0.39, 0.29) is 5.91 Å². The first kappa shape index (κ1) is 25.8. The van der Waals surface area contributed by atoms with Gasteiger partial charge >= 0.3 is 0 Å². The number of nitrogens with zero attached hydrogens (tertiary/aromatic N) is 4. The molecule has 9 heteroatoms. The van der Waals surface area contributed by atoms with E-state index >= 15 is 0 Å². The van der Waals surface area contributed by atoms with Crippen molar-refractivity contribution in [1.82, 2.24) is 14.6 Å². The van der Waals surface area contributed by atoms with Crippen molar-refractivity contribution < 1.29 is 9.53 Å². The predicted octanol–water partition coefficient (Wildman–Crippen LogP) is 6.93. The van der Waals surface area contributed by atoms with Crippen LogP contribution >= 0.6 is 23.1 Å². The number of anilines is 1. The number of carbonyl (C=O) groups is 1. The average molecular weight is 542 g/mol. The maximum atomic E-state index is 13.4. The van der Waals surface area contributed by atoms with E-state index in [1.807, 2.05) is 47.0 Å². The number of nitrogens with one attached hydrogen (secondary N) is 1. The monoisotopic (exact) mass is 541 g/mol. The van der Waals surface area contributed by atoms with Gasteiger partial charge in [0.2, 0.25) is 5.91 Å². The molecule has 0 aliphatic rings. The normalized spacial score (nSPS) is 12.0. The van der Waals surface area contributed by atoms with Crippen LogP contribution in [0.15, 0.2) is 53.0 Å². The Bertz CT molecular complexity index is 1710. The van der Waals surface area contributed by atoms with Crippen molar-refractivity contribution in [3.05, 3.63) is 70.1 Å². The van der Waals surface area contributed by atoms with E-state index in [0.717, 1.165) is 44.6 Å². The standard InChI is InChI=1S/C29H27N5O2S2/c1-6-24(27(35)31-28-22(14-30)23(15-37-28)19-7-9-20(36-5)10-8-19)38-29-33-32-25-13-17(3)21-12-16(2)11-18(4)26(21)34(25)29/h7-13,15,24H,6H2,1-5H3,(H,31,35). The Labute approximate surface area is 229 Å². The average Bonchev–Trinajstić information content (AvgIpc) is 3.50. The predicted molar refractivity (Wildman–Crippen MR) is 154 cm³/mol. The Hall–Kier alpha value is -3.87. The van der Waals surface area contributed by atoms with E-state index in [0.29, 0.717) is 22.1 Å². The number of pyridine rings is 1. The highest BCUT2D eigenvalue weighted by molar-refractivity contribution is 8.00. The summed E-state index contributed by atoms with van der Waals surface area (Å²) in [7, 11) is 1.62. The van der Waals surface area contributed by atoms with Crippen LogP contribution in [0.1, 0.15) is 35.6 Å². The van der Waals surface area contributed by atoms with Crippen molar-refractivity contribution in [1.29, 1.82) is 5.26 Å². The van der Waals surface area contributed by atoms with E-state index in [2.05, 4.69) is 54.5 Å². The lowest BCUT2D eigenvalue weighted by Crippen LogP contribution is -2.24. The molecule has 0 saturated heterocycles.